The van der Waals surface area contributed by atoms with Gasteiger partial charge in [0.2, 0.25) is 0 Å². The van der Waals surface area contributed by atoms with Crippen molar-refractivity contribution >= 4 is 0 Å². The fraction of sp³-hybridized carbons (Fsp3) is 1.00. The molecule has 0 aromatic carbocycles. The van der Waals surface area contributed by atoms with E-state index in [9.17, 15) is 0 Å². The van der Waals surface area contributed by atoms with Crippen LogP contribution in [0.3, 0.4) is 0 Å². The molecule has 2 fully saturated rings. The third-order valence-electron chi connectivity index (χ3n) is 4.76. The first-order valence-corrected chi connectivity index (χ1v) is 6.94. The van der Waals surface area contributed by atoms with Gasteiger partial charge in [-0.25, -0.2) is 0 Å². The van der Waals surface area contributed by atoms with Gasteiger partial charge in [-0.2, -0.15) is 0 Å². The number of hydrogen-bond donors (Lipinski definition) is 1. The van der Waals surface area contributed by atoms with Gasteiger partial charge in [-0.3, -0.25) is 0 Å². The molecule has 2 nitrogen and oxygen atoms in total. The molecule has 2 rings (SSSR count). The molecule has 0 spiro atoms. The lowest BCUT2D eigenvalue weighted by atomic mass is 9.67. The minimum atomic E-state index is 0.178. The van der Waals surface area contributed by atoms with Crippen molar-refractivity contribution in [1.29, 1.82) is 0 Å². The highest BCUT2D eigenvalue weighted by atomic mass is 16.5. The van der Waals surface area contributed by atoms with Crippen molar-refractivity contribution in [2.75, 3.05) is 20.2 Å². The van der Waals surface area contributed by atoms with E-state index in [1.54, 1.807) is 0 Å². The second kappa shape index (κ2) is 5.05. The minimum absolute atomic E-state index is 0.178. The van der Waals surface area contributed by atoms with Gasteiger partial charge in [-0.05, 0) is 50.6 Å². The van der Waals surface area contributed by atoms with E-state index in [0.29, 0.717) is 5.41 Å². The molecule has 2 aliphatic rings. The summed E-state index contributed by atoms with van der Waals surface area (Å²) < 4.78 is 5.91. The molecule has 0 aromatic heterocycles. The molecule has 1 saturated carbocycles. The lowest BCUT2D eigenvalue weighted by molar-refractivity contribution is -0.0722. The van der Waals surface area contributed by atoms with Gasteiger partial charge in [0.15, 0.2) is 0 Å². The molecule has 0 atom stereocenters. The fourth-order valence-electron chi connectivity index (χ4n) is 3.70. The maximum atomic E-state index is 5.91. The quantitative estimate of drug-likeness (QED) is 0.797. The lowest BCUT2D eigenvalue weighted by Crippen LogP contribution is -2.46. The van der Waals surface area contributed by atoms with Crippen LogP contribution < -0.4 is 5.32 Å². The predicted molar refractivity (Wildman–Crippen MR) is 67.7 cm³/mol. The first-order valence-electron chi connectivity index (χ1n) is 6.94. The molecule has 1 saturated heterocycles. The van der Waals surface area contributed by atoms with Crippen molar-refractivity contribution in [1.82, 2.24) is 5.32 Å². The largest absolute Gasteiger partial charge is 0.378 e. The van der Waals surface area contributed by atoms with E-state index in [1.807, 2.05) is 7.11 Å². The van der Waals surface area contributed by atoms with Crippen LogP contribution in [0.5, 0.6) is 0 Å². The van der Waals surface area contributed by atoms with Crippen molar-refractivity contribution in [3.05, 3.63) is 0 Å². The number of ether oxygens (including phenoxy) is 1. The van der Waals surface area contributed by atoms with Crippen LogP contribution in [0, 0.1) is 5.41 Å². The summed E-state index contributed by atoms with van der Waals surface area (Å²) in [6.07, 6.45) is 10.8. The highest BCUT2D eigenvalue weighted by Gasteiger charge is 2.40. The summed E-state index contributed by atoms with van der Waals surface area (Å²) in [5.41, 5.74) is 0.725. The van der Waals surface area contributed by atoms with E-state index in [2.05, 4.69) is 12.2 Å². The Hall–Kier alpha value is -0.0800. The van der Waals surface area contributed by atoms with Crippen molar-refractivity contribution in [3.63, 3.8) is 0 Å². The topological polar surface area (TPSA) is 21.3 Å². The second-order valence-electron chi connectivity index (χ2n) is 6.19. The van der Waals surface area contributed by atoms with Crippen LogP contribution >= 0.6 is 0 Å². The number of nitrogens with one attached hydrogen (secondary N) is 1. The molecule has 2 heteroatoms. The summed E-state index contributed by atoms with van der Waals surface area (Å²) in [5, 5.41) is 3.44. The van der Waals surface area contributed by atoms with Crippen LogP contribution in [0.25, 0.3) is 0 Å². The van der Waals surface area contributed by atoms with E-state index in [4.69, 9.17) is 4.74 Å². The summed E-state index contributed by atoms with van der Waals surface area (Å²) in [6, 6.07) is 0. The molecular weight excluding hydrogens is 198 g/mol. The lowest BCUT2D eigenvalue weighted by Gasteiger charge is -2.45. The molecule has 0 radical (unpaired) electrons. The number of methoxy groups -OCH3 is 1. The summed E-state index contributed by atoms with van der Waals surface area (Å²) >= 11 is 0. The molecular formula is C14H27NO. The molecule has 0 amide bonds. The minimum Gasteiger partial charge on any atom is -0.378 e. The Morgan fingerprint density at radius 1 is 1.00 bits per heavy atom. The normalized spacial score (nSPS) is 28.9. The second-order valence-corrected chi connectivity index (χ2v) is 6.19. The Morgan fingerprint density at radius 2 is 1.62 bits per heavy atom. The van der Waals surface area contributed by atoms with Crippen molar-refractivity contribution < 1.29 is 4.74 Å². The van der Waals surface area contributed by atoms with Crippen LogP contribution in [0.15, 0.2) is 0 Å². The number of rotatable bonds is 3. The van der Waals surface area contributed by atoms with Gasteiger partial charge in [0, 0.05) is 7.11 Å². The Bertz CT molecular complexity index is 215. The van der Waals surface area contributed by atoms with Crippen LogP contribution in [0.1, 0.15) is 58.3 Å². The van der Waals surface area contributed by atoms with Crippen LogP contribution in [0.2, 0.25) is 0 Å². The maximum Gasteiger partial charge on any atom is 0.0708 e. The molecule has 0 unspecified atom stereocenters. The van der Waals surface area contributed by atoms with Gasteiger partial charge in [-0.1, -0.05) is 26.2 Å². The van der Waals surface area contributed by atoms with Gasteiger partial charge in [0.1, 0.15) is 0 Å². The zero-order chi connectivity index (χ0) is 11.5. The molecule has 1 aliphatic heterocycles. The van der Waals surface area contributed by atoms with Crippen molar-refractivity contribution in [3.8, 4) is 0 Å². The van der Waals surface area contributed by atoms with Crippen molar-refractivity contribution in [2.45, 2.75) is 63.9 Å². The van der Waals surface area contributed by atoms with E-state index in [0.717, 1.165) is 13.1 Å². The Morgan fingerprint density at radius 3 is 2.19 bits per heavy atom. The highest BCUT2D eigenvalue weighted by molar-refractivity contribution is 4.93. The average Bonchev–Trinajstić information content (AvgIpc) is 2.30. The zero-order valence-corrected chi connectivity index (χ0v) is 11.0. The molecule has 1 aliphatic carbocycles. The van der Waals surface area contributed by atoms with E-state index in [1.165, 1.54) is 51.4 Å². The van der Waals surface area contributed by atoms with Crippen LogP contribution in [-0.2, 0) is 4.74 Å². The number of hydrogen-bond acceptors (Lipinski definition) is 2. The molecule has 0 bridgehead atoms. The third kappa shape index (κ3) is 2.78. The highest BCUT2D eigenvalue weighted by Crippen LogP contribution is 2.45. The Labute approximate surface area is 100 Å². The van der Waals surface area contributed by atoms with E-state index in [-0.39, 0.29) is 5.60 Å². The van der Waals surface area contributed by atoms with E-state index < -0.39 is 0 Å². The summed E-state index contributed by atoms with van der Waals surface area (Å²) in [7, 11) is 1.91. The third-order valence-corrected chi connectivity index (χ3v) is 4.76. The van der Waals surface area contributed by atoms with Gasteiger partial charge in [-0.15, -0.1) is 0 Å². The molecule has 0 aromatic rings. The SMILES string of the molecule is COC1(CC2(C)CCCCC2)CCNCC1. The van der Waals surface area contributed by atoms with Gasteiger partial charge >= 0.3 is 0 Å². The summed E-state index contributed by atoms with van der Waals surface area (Å²) in [4.78, 5) is 0. The zero-order valence-electron chi connectivity index (χ0n) is 11.0. The Kier molecular flexibility index (Phi) is 3.91. The summed E-state index contributed by atoms with van der Waals surface area (Å²) in [5.74, 6) is 0. The standard InChI is InChI=1S/C14H27NO/c1-13(6-4-3-5-7-13)12-14(16-2)8-10-15-11-9-14/h15H,3-12H2,1-2H3. The molecule has 94 valence electrons. The smallest absolute Gasteiger partial charge is 0.0708 e. The maximum absolute atomic E-state index is 5.91. The monoisotopic (exact) mass is 225 g/mol. The Balaban J connectivity index is 1.98. The van der Waals surface area contributed by atoms with Gasteiger partial charge in [0.05, 0.1) is 5.60 Å². The molecule has 1 N–H and O–H groups in total. The number of piperidine rings is 1. The average molecular weight is 225 g/mol. The fourth-order valence-corrected chi connectivity index (χ4v) is 3.70. The van der Waals surface area contributed by atoms with Crippen molar-refractivity contribution in [2.24, 2.45) is 5.41 Å². The van der Waals surface area contributed by atoms with Crippen LogP contribution in [0.4, 0.5) is 0 Å². The first kappa shape index (κ1) is 12.4. The first-order chi connectivity index (χ1) is 7.68. The van der Waals surface area contributed by atoms with Gasteiger partial charge < -0.3 is 10.1 Å². The predicted octanol–water partition coefficient (Wildman–Crippen LogP) is 3.12. The molecule has 16 heavy (non-hydrogen) atoms. The molecule has 1 heterocycles. The van der Waals surface area contributed by atoms with Gasteiger partial charge in [0.25, 0.3) is 0 Å². The van der Waals surface area contributed by atoms with E-state index >= 15 is 0 Å². The van der Waals surface area contributed by atoms with Crippen LogP contribution in [-0.4, -0.2) is 25.8 Å². The summed E-state index contributed by atoms with van der Waals surface area (Å²) in [6.45, 7) is 4.74.